The molecule has 2 aliphatic rings. The number of nitrogens with two attached hydrogens (primary N) is 1. The highest BCUT2D eigenvalue weighted by Crippen LogP contribution is 2.42. The summed E-state index contributed by atoms with van der Waals surface area (Å²) < 4.78 is 0. The standard InChI is InChI=1S/C16H31N/c1-3-14-7-4-8-15(12-14)16(17)10-5-6-13(2)9-11-16/h13-15H,3-12,17H2,1-2H3. The van der Waals surface area contributed by atoms with Gasteiger partial charge < -0.3 is 5.73 Å². The van der Waals surface area contributed by atoms with Gasteiger partial charge >= 0.3 is 0 Å². The maximum Gasteiger partial charge on any atom is 0.0183 e. The van der Waals surface area contributed by atoms with Crippen LogP contribution in [0.5, 0.6) is 0 Å². The fourth-order valence-corrected chi connectivity index (χ4v) is 4.16. The molecule has 1 nitrogen and oxygen atoms in total. The fourth-order valence-electron chi connectivity index (χ4n) is 4.16. The van der Waals surface area contributed by atoms with Gasteiger partial charge in [0.25, 0.3) is 0 Å². The lowest BCUT2D eigenvalue weighted by Gasteiger charge is -2.42. The van der Waals surface area contributed by atoms with E-state index in [4.69, 9.17) is 5.73 Å². The zero-order valence-electron chi connectivity index (χ0n) is 11.9. The Morgan fingerprint density at radius 1 is 1.06 bits per heavy atom. The molecule has 1 heteroatoms. The SMILES string of the molecule is CCC1CCCC(C2(N)CCCC(C)CC2)C1. The third-order valence-corrected chi connectivity index (χ3v) is 5.61. The van der Waals surface area contributed by atoms with Gasteiger partial charge in [-0.25, -0.2) is 0 Å². The average Bonchev–Trinajstić information content (AvgIpc) is 2.53. The lowest BCUT2D eigenvalue weighted by molar-refractivity contribution is 0.145. The Morgan fingerprint density at radius 3 is 2.65 bits per heavy atom. The maximum atomic E-state index is 6.81. The molecule has 0 spiro atoms. The van der Waals surface area contributed by atoms with Crippen LogP contribution in [0.1, 0.15) is 78.1 Å². The van der Waals surface area contributed by atoms with Crippen molar-refractivity contribution in [2.75, 3.05) is 0 Å². The summed E-state index contributed by atoms with van der Waals surface area (Å²) in [6.07, 6.45) is 13.8. The van der Waals surface area contributed by atoms with E-state index in [-0.39, 0.29) is 5.54 Å². The molecule has 0 aromatic heterocycles. The lowest BCUT2D eigenvalue weighted by atomic mass is 9.68. The molecule has 4 atom stereocenters. The van der Waals surface area contributed by atoms with Gasteiger partial charge in [0.05, 0.1) is 0 Å². The molecule has 2 rings (SSSR count). The summed E-state index contributed by atoms with van der Waals surface area (Å²) >= 11 is 0. The van der Waals surface area contributed by atoms with Gasteiger partial charge in [0.1, 0.15) is 0 Å². The van der Waals surface area contributed by atoms with Crippen molar-refractivity contribution in [3.8, 4) is 0 Å². The molecule has 2 saturated carbocycles. The molecular weight excluding hydrogens is 206 g/mol. The molecular formula is C16H31N. The molecule has 0 saturated heterocycles. The molecule has 0 heterocycles. The summed E-state index contributed by atoms with van der Waals surface area (Å²) in [4.78, 5) is 0. The molecule has 4 unspecified atom stereocenters. The van der Waals surface area contributed by atoms with E-state index in [0.29, 0.717) is 0 Å². The van der Waals surface area contributed by atoms with Crippen molar-refractivity contribution in [2.24, 2.45) is 23.5 Å². The summed E-state index contributed by atoms with van der Waals surface area (Å²) in [6, 6.07) is 0. The monoisotopic (exact) mass is 237 g/mol. The van der Waals surface area contributed by atoms with Gasteiger partial charge in [0.2, 0.25) is 0 Å². The highest BCUT2D eigenvalue weighted by molar-refractivity contribution is 4.95. The second-order valence-electron chi connectivity index (χ2n) is 6.91. The molecule has 2 N–H and O–H groups in total. The van der Waals surface area contributed by atoms with Crippen LogP contribution in [0.15, 0.2) is 0 Å². The smallest absolute Gasteiger partial charge is 0.0183 e. The van der Waals surface area contributed by atoms with Crippen molar-refractivity contribution in [3.05, 3.63) is 0 Å². The van der Waals surface area contributed by atoms with Crippen LogP contribution in [-0.2, 0) is 0 Å². The molecule has 0 aliphatic heterocycles. The van der Waals surface area contributed by atoms with Crippen molar-refractivity contribution in [3.63, 3.8) is 0 Å². The van der Waals surface area contributed by atoms with Crippen LogP contribution in [0.25, 0.3) is 0 Å². The van der Waals surface area contributed by atoms with E-state index in [9.17, 15) is 0 Å². The molecule has 17 heavy (non-hydrogen) atoms. The Balaban J connectivity index is 1.98. The molecule has 0 aromatic carbocycles. The van der Waals surface area contributed by atoms with Crippen LogP contribution < -0.4 is 5.73 Å². The normalized spacial score (nSPS) is 44.3. The minimum absolute atomic E-state index is 0.193. The summed E-state index contributed by atoms with van der Waals surface area (Å²) in [5.41, 5.74) is 7.01. The summed E-state index contributed by atoms with van der Waals surface area (Å²) in [7, 11) is 0. The Bertz CT molecular complexity index is 238. The minimum Gasteiger partial charge on any atom is -0.325 e. The van der Waals surface area contributed by atoms with Gasteiger partial charge in [0, 0.05) is 5.54 Å². The third-order valence-electron chi connectivity index (χ3n) is 5.61. The van der Waals surface area contributed by atoms with Crippen LogP contribution in [0.2, 0.25) is 0 Å². The molecule has 0 amide bonds. The van der Waals surface area contributed by atoms with Gasteiger partial charge in [-0.2, -0.15) is 0 Å². The second kappa shape index (κ2) is 5.73. The van der Waals surface area contributed by atoms with Crippen LogP contribution in [0, 0.1) is 17.8 Å². The van der Waals surface area contributed by atoms with E-state index in [0.717, 1.165) is 17.8 Å². The second-order valence-corrected chi connectivity index (χ2v) is 6.91. The number of hydrogen-bond acceptors (Lipinski definition) is 1. The quantitative estimate of drug-likeness (QED) is 0.703. The first-order chi connectivity index (χ1) is 8.14. The van der Waals surface area contributed by atoms with E-state index in [1.807, 2.05) is 0 Å². The lowest BCUT2D eigenvalue weighted by Crippen LogP contribution is -2.48. The zero-order valence-corrected chi connectivity index (χ0v) is 11.9. The maximum absolute atomic E-state index is 6.81. The average molecular weight is 237 g/mol. The zero-order chi connectivity index (χ0) is 12.3. The fraction of sp³-hybridized carbons (Fsp3) is 1.00. The molecule has 0 aromatic rings. The summed E-state index contributed by atoms with van der Waals surface area (Å²) in [6.45, 7) is 4.76. The first kappa shape index (κ1) is 13.4. The topological polar surface area (TPSA) is 26.0 Å². The van der Waals surface area contributed by atoms with Crippen molar-refractivity contribution >= 4 is 0 Å². The predicted octanol–water partition coefficient (Wildman–Crippen LogP) is 4.50. The van der Waals surface area contributed by atoms with Crippen molar-refractivity contribution in [1.82, 2.24) is 0 Å². The van der Waals surface area contributed by atoms with Crippen LogP contribution in [0.3, 0.4) is 0 Å². The van der Waals surface area contributed by atoms with Gasteiger partial charge in [-0.15, -0.1) is 0 Å². The van der Waals surface area contributed by atoms with Gasteiger partial charge in [-0.3, -0.25) is 0 Å². The molecule has 100 valence electrons. The third kappa shape index (κ3) is 3.24. The van der Waals surface area contributed by atoms with E-state index in [1.54, 1.807) is 0 Å². The number of hydrogen-bond donors (Lipinski definition) is 1. The van der Waals surface area contributed by atoms with Crippen molar-refractivity contribution in [2.45, 2.75) is 83.6 Å². The largest absolute Gasteiger partial charge is 0.325 e. The van der Waals surface area contributed by atoms with Gasteiger partial charge in [-0.1, -0.05) is 46.0 Å². The number of rotatable bonds is 2. The Hall–Kier alpha value is -0.0400. The van der Waals surface area contributed by atoms with Crippen LogP contribution in [0.4, 0.5) is 0 Å². The predicted molar refractivity (Wildman–Crippen MR) is 74.9 cm³/mol. The summed E-state index contributed by atoms with van der Waals surface area (Å²) in [5.74, 6) is 2.70. The highest BCUT2D eigenvalue weighted by atomic mass is 14.8. The van der Waals surface area contributed by atoms with Crippen LogP contribution in [-0.4, -0.2) is 5.54 Å². The molecule has 2 fully saturated rings. The van der Waals surface area contributed by atoms with E-state index < -0.39 is 0 Å². The highest BCUT2D eigenvalue weighted by Gasteiger charge is 2.38. The van der Waals surface area contributed by atoms with Crippen molar-refractivity contribution < 1.29 is 0 Å². The molecule has 2 aliphatic carbocycles. The first-order valence-corrected chi connectivity index (χ1v) is 7.93. The minimum atomic E-state index is 0.193. The van der Waals surface area contributed by atoms with E-state index in [1.165, 1.54) is 64.2 Å². The molecule has 0 radical (unpaired) electrons. The Labute approximate surface area is 108 Å². The van der Waals surface area contributed by atoms with Crippen molar-refractivity contribution in [1.29, 1.82) is 0 Å². The van der Waals surface area contributed by atoms with E-state index >= 15 is 0 Å². The van der Waals surface area contributed by atoms with Gasteiger partial charge in [0.15, 0.2) is 0 Å². The van der Waals surface area contributed by atoms with E-state index in [2.05, 4.69) is 13.8 Å². The van der Waals surface area contributed by atoms with Gasteiger partial charge in [-0.05, 0) is 49.9 Å². The Morgan fingerprint density at radius 2 is 1.88 bits per heavy atom. The Kier molecular flexibility index (Phi) is 4.52. The van der Waals surface area contributed by atoms with Crippen LogP contribution >= 0.6 is 0 Å². The first-order valence-electron chi connectivity index (χ1n) is 7.93. The molecule has 0 bridgehead atoms. The summed E-state index contributed by atoms with van der Waals surface area (Å²) in [5, 5.41) is 0.